The molecule has 180 valence electrons. The molecule has 1 aliphatic rings. The summed E-state index contributed by atoms with van der Waals surface area (Å²) in [7, 11) is -3.76. The molecule has 12 heteroatoms. The van der Waals surface area contributed by atoms with Crippen LogP contribution in [0.5, 0.6) is 0 Å². The largest absolute Gasteiger partial charge is 0.454 e. The van der Waals surface area contributed by atoms with Crippen LogP contribution in [0.15, 0.2) is 64.4 Å². The second-order valence-electron chi connectivity index (χ2n) is 7.82. The molecule has 4 rings (SSSR count). The summed E-state index contributed by atoms with van der Waals surface area (Å²) in [4.78, 5) is 31.0. The number of benzene rings is 1. The van der Waals surface area contributed by atoms with Crippen molar-refractivity contribution in [1.82, 2.24) is 29.3 Å². The van der Waals surface area contributed by atoms with Crippen molar-refractivity contribution >= 4 is 21.8 Å². The van der Waals surface area contributed by atoms with Crippen molar-refractivity contribution in [2.75, 3.05) is 32.7 Å². The van der Waals surface area contributed by atoms with Gasteiger partial charge in [0, 0.05) is 39.1 Å². The fourth-order valence-corrected chi connectivity index (χ4v) is 5.20. The summed E-state index contributed by atoms with van der Waals surface area (Å²) in [5, 5.41) is 6.78. The van der Waals surface area contributed by atoms with E-state index >= 15 is 0 Å². The normalized spacial score (nSPS) is 16.6. The molecule has 0 atom stereocenters. The second kappa shape index (κ2) is 10.6. The van der Waals surface area contributed by atoms with Gasteiger partial charge >= 0.3 is 0 Å². The van der Waals surface area contributed by atoms with Crippen LogP contribution in [0.4, 0.5) is 0 Å². The van der Waals surface area contributed by atoms with Gasteiger partial charge in [0.15, 0.2) is 5.76 Å². The van der Waals surface area contributed by atoms with Gasteiger partial charge in [-0.1, -0.05) is 18.2 Å². The van der Waals surface area contributed by atoms with Crippen LogP contribution in [-0.4, -0.2) is 76.9 Å². The molecule has 11 nitrogen and oxygen atoms in total. The lowest BCUT2D eigenvalue weighted by Gasteiger charge is -2.24. The molecule has 1 fully saturated rings. The van der Waals surface area contributed by atoms with Crippen LogP contribution in [0, 0.1) is 0 Å². The first-order valence-corrected chi connectivity index (χ1v) is 12.4. The molecule has 0 unspecified atom stereocenters. The summed E-state index contributed by atoms with van der Waals surface area (Å²) in [6, 6.07) is 11.4. The fraction of sp³-hybridized carbons (Fsp3) is 0.364. The molecular weight excluding hydrogens is 460 g/mol. The number of aromatic nitrogens is 3. The minimum Gasteiger partial charge on any atom is -0.454 e. The third kappa shape index (κ3) is 5.69. The van der Waals surface area contributed by atoms with Crippen molar-refractivity contribution in [3.8, 4) is 0 Å². The van der Waals surface area contributed by atoms with Gasteiger partial charge in [-0.3, -0.25) is 9.59 Å². The highest BCUT2D eigenvalue weighted by atomic mass is 32.2. The van der Waals surface area contributed by atoms with Crippen molar-refractivity contribution in [3.05, 3.63) is 66.6 Å². The summed E-state index contributed by atoms with van der Waals surface area (Å²) >= 11 is 0. The number of amides is 2. The zero-order chi connectivity index (χ0) is 24.0. The number of hydrogen-bond acceptors (Lipinski definition) is 7. The average molecular weight is 487 g/mol. The van der Waals surface area contributed by atoms with E-state index in [0.29, 0.717) is 25.3 Å². The van der Waals surface area contributed by atoms with E-state index in [1.165, 1.54) is 22.8 Å². The number of sulfonamides is 1. The molecule has 1 saturated heterocycles. The predicted octanol–water partition coefficient (Wildman–Crippen LogP) is 0.963. The van der Waals surface area contributed by atoms with Crippen molar-refractivity contribution < 1.29 is 22.4 Å². The summed E-state index contributed by atoms with van der Waals surface area (Å²) < 4.78 is 34.8. The first kappa shape index (κ1) is 23.6. The third-order valence-corrected chi connectivity index (χ3v) is 7.37. The molecule has 0 radical (unpaired) electrons. The number of nitrogens with one attached hydrogen (secondary N) is 1. The quantitative estimate of drug-likeness (QED) is 0.568. The molecule has 3 heterocycles. The summed E-state index contributed by atoms with van der Waals surface area (Å²) in [6.45, 7) is 1.47. The second-order valence-corrected chi connectivity index (χ2v) is 9.76. The summed E-state index contributed by atoms with van der Waals surface area (Å²) in [5.74, 6) is 0.136. The minimum absolute atomic E-state index is 0.0455. The van der Waals surface area contributed by atoms with E-state index in [9.17, 15) is 18.0 Å². The van der Waals surface area contributed by atoms with E-state index in [0.717, 1.165) is 0 Å². The number of hydrogen-bond donors (Lipinski definition) is 1. The maximum Gasteiger partial charge on any atom is 0.289 e. The molecule has 0 spiro atoms. The average Bonchev–Trinajstić information content (AvgIpc) is 3.51. The van der Waals surface area contributed by atoms with Crippen molar-refractivity contribution in [2.24, 2.45) is 0 Å². The van der Waals surface area contributed by atoms with E-state index < -0.39 is 10.0 Å². The number of nitrogens with zero attached hydrogens (tertiary/aromatic N) is 5. The number of carbonyl (C=O) groups is 2. The fourth-order valence-electron chi connectivity index (χ4n) is 3.70. The Labute approximate surface area is 197 Å². The van der Waals surface area contributed by atoms with Crippen LogP contribution in [0.3, 0.4) is 0 Å². The number of furan rings is 1. The third-order valence-electron chi connectivity index (χ3n) is 5.45. The molecule has 1 N–H and O–H groups in total. The molecule has 2 aromatic heterocycles. The van der Waals surface area contributed by atoms with Crippen LogP contribution in [0.1, 0.15) is 29.2 Å². The van der Waals surface area contributed by atoms with Crippen LogP contribution in [0.25, 0.3) is 0 Å². The molecule has 0 bridgehead atoms. The molecule has 34 heavy (non-hydrogen) atoms. The number of rotatable bonds is 5. The Morgan fingerprint density at radius 1 is 1.06 bits per heavy atom. The van der Waals surface area contributed by atoms with Crippen LogP contribution in [0.2, 0.25) is 0 Å². The van der Waals surface area contributed by atoms with Gasteiger partial charge in [0.1, 0.15) is 25.0 Å². The van der Waals surface area contributed by atoms with Gasteiger partial charge < -0.3 is 14.6 Å². The van der Waals surface area contributed by atoms with E-state index in [1.54, 1.807) is 46.2 Å². The zero-order valence-corrected chi connectivity index (χ0v) is 19.4. The molecule has 0 aliphatic carbocycles. The van der Waals surface area contributed by atoms with Crippen LogP contribution < -0.4 is 5.32 Å². The van der Waals surface area contributed by atoms with E-state index in [-0.39, 0.29) is 55.1 Å². The number of carbonyl (C=O) groups excluding carboxylic acids is 2. The molecule has 1 aliphatic heterocycles. The molecule has 2 amide bonds. The lowest BCUT2D eigenvalue weighted by Crippen LogP contribution is -2.39. The van der Waals surface area contributed by atoms with E-state index in [1.807, 2.05) is 0 Å². The van der Waals surface area contributed by atoms with Gasteiger partial charge in [0.05, 0.1) is 4.90 Å². The van der Waals surface area contributed by atoms with Gasteiger partial charge in [0.2, 0.25) is 15.9 Å². The smallest absolute Gasteiger partial charge is 0.289 e. The maximum absolute atomic E-state index is 13.1. The Morgan fingerprint density at radius 3 is 2.65 bits per heavy atom. The van der Waals surface area contributed by atoms with Gasteiger partial charge in [-0.25, -0.2) is 18.1 Å². The Kier molecular flexibility index (Phi) is 7.38. The van der Waals surface area contributed by atoms with E-state index in [2.05, 4.69) is 15.4 Å². The topological polar surface area (TPSA) is 131 Å². The van der Waals surface area contributed by atoms with Crippen molar-refractivity contribution in [2.45, 2.75) is 24.3 Å². The first-order valence-electron chi connectivity index (χ1n) is 11.0. The minimum atomic E-state index is -3.76. The zero-order valence-electron chi connectivity index (χ0n) is 18.5. The maximum atomic E-state index is 13.1. The van der Waals surface area contributed by atoms with Gasteiger partial charge in [-0.05, 0) is 30.7 Å². The monoisotopic (exact) mass is 486 g/mol. The summed E-state index contributed by atoms with van der Waals surface area (Å²) in [6.07, 6.45) is 3.43. The lowest BCUT2D eigenvalue weighted by atomic mass is 10.3. The predicted molar refractivity (Wildman–Crippen MR) is 121 cm³/mol. The first-order chi connectivity index (χ1) is 16.4. The van der Waals surface area contributed by atoms with E-state index in [4.69, 9.17) is 4.42 Å². The Hall–Kier alpha value is -3.51. The highest BCUT2D eigenvalue weighted by Crippen LogP contribution is 2.17. The van der Waals surface area contributed by atoms with Gasteiger partial charge in [0.25, 0.3) is 5.91 Å². The molecule has 0 saturated carbocycles. The SMILES string of the molecule is O=C1CCN(S(=O)(=O)c2ccccc2)CCCN(C(=O)c2ccc(Cn3cncn3)o2)CCN1. The van der Waals surface area contributed by atoms with Gasteiger partial charge in [-0.2, -0.15) is 9.40 Å². The van der Waals surface area contributed by atoms with Crippen molar-refractivity contribution in [3.63, 3.8) is 0 Å². The molecule has 3 aromatic rings. The Morgan fingerprint density at radius 2 is 1.88 bits per heavy atom. The van der Waals surface area contributed by atoms with Crippen LogP contribution in [-0.2, 0) is 21.4 Å². The Balaban J connectivity index is 1.46. The van der Waals surface area contributed by atoms with Crippen molar-refractivity contribution in [1.29, 1.82) is 0 Å². The van der Waals surface area contributed by atoms with Gasteiger partial charge in [-0.15, -0.1) is 0 Å². The standard InChI is InChI=1S/C22H26N6O5S/c29-21-9-13-28(34(31,32)19-5-2-1-3-6-19)12-4-11-26(14-10-24-21)22(30)20-8-7-18(33-20)15-27-17-23-16-25-27/h1-3,5-8,16-17H,4,9-15H2,(H,24,29). The van der Waals surface area contributed by atoms with Crippen LogP contribution >= 0.6 is 0 Å². The Bertz CT molecular complexity index is 1210. The molecular formula is C22H26N6O5S. The highest BCUT2D eigenvalue weighted by molar-refractivity contribution is 7.89. The lowest BCUT2D eigenvalue weighted by molar-refractivity contribution is -0.121. The molecule has 1 aromatic carbocycles. The highest BCUT2D eigenvalue weighted by Gasteiger charge is 2.26. The summed E-state index contributed by atoms with van der Waals surface area (Å²) in [5.41, 5.74) is 0.